The first-order chi connectivity index (χ1) is 6.67. The molecule has 0 N–H and O–H groups in total. The zero-order valence-corrected chi connectivity index (χ0v) is 9.69. The Morgan fingerprint density at radius 3 is 2.64 bits per heavy atom. The summed E-state index contributed by atoms with van der Waals surface area (Å²) in [5.41, 5.74) is 1.11. The molecule has 76 valence electrons. The average Bonchev–Trinajstić information content (AvgIpc) is 2.45. The Kier molecular flexibility index (Phi) is 4.05. The molecule has 0 spiro atoms. The molecule has 3 nitrogen and oxygen atoms in total. The predicted molar refractivity (Wildman–Crippen MR) is 58.2 cm³/mol. The van der Waals surface area contributed by atoms with Gasteiger partial charge in [-0.25, -0.2) is 4.98 Å². The van der Waals surface area contributed by atoms with E-state index in [-0.39, 0.29) is 0 Å². The quantitative estimate of drug-likeness (QED) is 0.713. The molecule has 0 aliphatic heterocycles. The highest BCUT2D eigenvalue weighted by molar-refractivity contribution is 7.11. The number of hydrogen-bond acceptors (Lipinski definition) is 4. The third kappa shape index (κ3) is 2.79. The Morgan fingerprint density at radius 1 is 1.50 bits per heavy atom. The lowest BCUT2D eigenvalue weighted by molar-refractivity contribution is 0.314. The van der Waals surface area contributed by atoms with E-state index in [9.17, 15) is 0 Å². The van der Waals surface area contributed by atoms with E-state index >= 15 is 0 Å². The van der Waals surface area contributed by atoms with Gasteiger partial charge in [-0.1, -0.05) is 6.92 Å². The lowest BCUT2D eigenvalue weighted by atomic mass is 10.4. The van der Waals surface area contributed by atoms with E-state index in [2.05, 4.69) is 29.8 Å². The Labute approximate surface area is 89.0 Å². The predicted octanol–water partition coefficient (Wildman–Crippen LogP) is 2.11. The van der Waals surface area contributed by atoms with Gasteiger partial charge in [-0.2, -0.15) is 5.26 Å². The summed E-state index contributed by atoms with van der Waals surface area (Å²) in [4.78, 5) is 7.80. The molecule has 0 saturated heterocycles. The first kappa shape index (κ1) is 11.2. The molecule has 1 rings (SSSR count). The molecule has 0 radical (unpaired) electrons. The van der Waals surface area contributed by atoms with E-state index in [1.165, 1.54) is 4.88 Å². The molecule has 1 heterocycles. The van der Waals surface area contributed by atoms with Crippen molar-refractivity contribution in [3.8, 4) is 6.07 Å². The van der Waals surface area contributed by atoms with Crippen LogP contribution in [0.3, 0.4) is 0 Å². The first-order valence-corrected chi connectivity index (χ1v) is 5.51. The minimum Gasteiger partial charge on any atom is -0.284 e. The van der Waals surface area contributed by atoms with Gasteiger partial charge >= 0.3 is 0 Å². The van der Waals surface area contributed by atoms with Crippen molar-refractivity contribution in [2.24, 2.45) is 0 Å². The van der Waals surface area contributed by atoms with Gasteiger partial charge in [-0.3, -0.25) is 4.90 Å². The van der Waals surface area contributed by atoms with E-state index in [0.717, 1.165) is 23.8 Å². The summed E-state index contributed by atoms with van der Waals surface area (Å²) in [6.07, 6.45) is 0. The second-order valence-electron chi connectivity index (χ2n) is 3.21. The fourth-order valence-corrected chi connectivity index (χ4v) is 2.15. The Balaban J connectivity index is 2.63. The van der Waals surface area contributed by atoms with Crippen LogP contribution in [0, 0.1) is 25.2 Å². The molecule has 0 aliphatic carbocycles. The molecule has 0 bridgehead atoms. The summed E-state index contributed by atoms with van der Waals surface area (Å²) < 4.78 is 0. The summed E-state index contributed by atoms with van der Waals surface area (Å²) in [6, 6.07) is 2.16. The molecule has 0 atom stereocenters. The topological polar surface area (TPSA) is 39.9 Å². The van der Waals surface area contributed by atoms with Gasteiger partial charge in [0.2, 0.25) is 0 Å². The molecular formula is C10H15N3S. The molecular weight excluding hydrogens is 194 g/mol. The van der Waals surface area contributed by atoms with Gasteiger partial charge in [-0.15, -0.1) is 11.3 Å². The molecule has 14 heavy (non-hydrogen) atoms. The summed E-state index contributed by atoms with van der Waals surface area (Å²) in [5, 5.41) is 9.71. The molecule has 0 unspecified atom stereocenters. The highest BCUT2D eigenvalue weighted by atomic mass is 32.1. The van der Waals surface area contributed by atoms with Crippen LogP contribution >= 0.6 is 11.3 Å². The molecule has 0 saturated carbocycles. The third-order valence-electron chi connectivity index (χ3n) is 2.17. The molecule has 0 fully saturated rings. The minimum atomic E-state index is 0.480. The maximum Gasteiger partial charge on any atom is 0.107 e. The van der Waals surface area contributed by atoms with E-state index in [1.54, 1.807) is 11.3 Å². The number of aromatic nitrogens is 1. The summed E-state index contributed by atoms with van der Waals surface area (Å²) >= 11 is 1.72. The lowest BCUT2D eigenvalue weighted by Crippen LogP contribution is -2.22. The number of nitrogens with zero attached hydrogens (tertiary/aromatic N) is 3. The van der Waals surface area contributed by atoms with Gasteiger partial charge in [0.1, 0.15) is 5.01 Å². The van der Waals surface area contributed by atoms with Crippen LogP contribution in [-0.2, 0) is 6.54 Å². The van der Waals surface area contributed by atoms with E-state index in [4.69, 9.17) is 5.26 Å². The van der Waals surface area contributed by atoms with Crippen molar-refractivity contribution < 1.29 is 0 Å². The molecule has 0 aliphatic rings. The number of aryl methyl sites for hydroxylation is 2. The van der Waals surface area contributed by atoms with Gasteiger partial charge in [0, 0.05) is 4.88 Å². The van der Waals surface area contributed by atoms with Crippen LogP contribution in [0.1, 0.15) is 22.5 Å². The van der Waals surface area contributed by atoms with Crippen LogP contribution in [-0.4, -0.2) is 23.0 Å². The van der Waals surface area contributed by atoms with E-state index < -0.39 is 0 Å². The van der Waals surface area contributed by atoms with Crippen molar-refractivity contribution in [3.05, 3.63) is 15.6 Å². The zero-order chi connectivity index (χ0) is 10.6. The summed E-state index contributed by atoms with van der Waals surface area (Å²) in [6.45, 7) is 8.33. The van der Waals surface area contributed by atoms with Gasteiger partial charge in [-0.05, 0) is 20.4 Å². The maximum atomic E-state index is 8.60. The van der Waals surface area contributed by atoms with E-state index in [1.807, 2.05) is 6.92 Å². The van der Waals surface area contributed by atoms with Crippen molar-refractivity contribution >= 4 is 11.3 Å². The van der Waals surface area contributed by atoms with Crippen molar-refractivity contribution in [2.45, 2.75) is 27.3 Å². The lowest BCUT2D eigenvalue weighted by Gasteiger charge is -2.13. The second kappa shape index (κ2) is 5.08. The Hall–Kier alpha value is -0.920. The number of hydrogen-bond donors (Lipinski definition) is 0. The molecule has 4 heteroatoms. The maximum absolute atomic E-state index is 8.60. The van der Waals surface area contributed by atoms with Gasteiger partial charge in [0.05, 0.1) is 24.9 Å². The van der Waals surface area contributed by atoms with Crippen LogP contribution in [0.4, 0.5) is 0 Å². The molecule has 0 amide bonds. The number of rotatable bonds is 4. The monoisotopic (exact) mass is 209 g/mol. The molecule has 1 aromatic heterocycles. The van der Waals surface area contributed by atoms with Crippen LogP contribution in [0.15, 0.2) is 0 Å². The van der Waals surface area contributed by atoms with E-state index in [0.29, 0.717) is 6.54 Å². The SMILES string of the molecule is CCN(CC#N)Cc1nc(C)c(C)s1. The zero-order valence-electron chi connectivity index (χ0n) is 8.87. The van der Waals surface area contributed by atoms with Gasteiger partial charge in [0.25, 0.3) is 0 Å². The molecule has 1 aromatic rings. The largest absolute Gasteiger partial charge is 0.284 e. The fraction of sp³-hybridized carbons (Fsp3) is 0.600. The highest BCUT2D eigenvalue weighted by Gasteiger charge is 2.07. The second-order valence-corrected chi connectivity index (χ2v) is 4.50. The normalized spacial score (nSPS) is 10.5. The highest BCUT2D eigenvalue weighted by Crippen LogP contribution is 2.17. The van der Waals surface area contributed by atoms with Crippen molar-refractivity contribution in [3.63, 3.8) is 0 Å². The Morgan fingerprint density at radius 2 is 2.21 bits per heavy atom. The Bertz CT molecular complexity index is 318. The standard InChI is InChI=1S/C10H15N3S/c1-4-13(6-5-11)7-10-12-8(2)9(3)14-10/h4,6-7H2,1-3H3. The van der Waals surface area contributed by atoms with Gasteiger partial charge in [0.15, 0.2) is 0 Å². The van der Waals surface area contributed by atoms with Crippen LogP contribution in [0.5, 0.6) is 0 Å². The van der Waals surface area contributed by atoms with Crippen molar-refractivity contribution in [2.75, 3.05) is 13.1 Å². The summed E-state index contributed by atoms with van der Waals surface area (Å²) in [7, 11) is 0. The van der Waals surface area contributed by atoms with Crippen LogP contribution < -0.4 is 0 Å². The fourth-order valence-electron chi connectivity index (χ4n) is 1.18. The third-order valence-corrected chi connectivity index (χ3v) is 3.23. The van der Waals surface area contributed by atoms with Crippen molar-refractivity contribution in [1.82, 2.24) is 9.88 Å². The minimum absolute atomic E-state index is 0.480. The number of nitriles is 1. The van der Waals surface area contributed by atoms with Crippen LogP contribution in [0.2, 0.25) is 0 Å². The first-order valence-electron chi connectivity index (χ1n) is 4.69. The number of thiazole rings is 1. The molecule has 0 aromatic carbocycles. The van der Waals surface area contributed by atoms with Crippen molar-refractivity contribution in [1.29, 1.82) is 5.26 Å². The van der Waals surface area contributed by atoms with Gasteiger partial charge < -0.3 is 0 Å². The average molecular weight is 209 g/mol. The van der Waals surface area contributed by atoms with Crippen LogP contribution in [0.25, 0.3) is 0 Å². The smallest absolute Gasteiger partial charge is 0.107 e. The summed E-state index contributed by atoms with van der Waals surface area (Å²) in [5.74, 6) is 0.